The monoisotopic (exact) mass is 295 g/mol. The summed E-state index contributed by atoms with van der Waals surface area (Å²) in [5.41, 5.74) is 1.57. The van der Waals surface area contributed by atoms with Gasteiger partial charge in [-0.3, -0.25) is 4.79 Å². The Morgan fingerprint density at radius 1 is 1.53 bits per heavy atom. The molecule has 0 aliphatic heterocycles. The molecule has 0 aliphatic rings. The van der Waals surface area contributed by atoms with Crippen LogP contribution in [0.2, 0.25) is 5.15 Å². The molecule has 0 spiro atoms. The lowest BCUT2D eigenvalue weighted by Gasteiger charge is -2.15. The van der Waals surface area contributed by atoms with Crippen molar-refractivity contribution in [2.24, 2.45) is 0 Å². The van der Waals surface area contributed by atoms with Gasteiger partial charge in [-0.1, -0.05) is 11.6 Å². The summed E-state index contributed by atoms with van der Waals surface area (Å²) < 4.78 is 0. The van der Waals surface area contributed by atoms with Gasteiger partial charge in [0.15, 0.2) is 6.29 Å². The van der Waals surface area contributed by atoms with E-state index in [0.29, 0.717) is 23.5 Å². The number of thiophene rings is 1. The highest BCUT2D eigenvalue weighted by Crippen LogP contribution is 2.20. The van der Waals surface area contributed by atoms with Crippen molar-refractivity contribution in [1.29, 1.82) is 0 Å². The van der Waals surface area contributed by atoms with E-state index >= 15 is 0 Å². The Hall–Kier alpha value is -1.46. The molecule has 2 aromatic rings. The molecule has 2 heterocycles. The topological polar surface area (TPSA) is 54.9 Å². The second-order valence-corrected chi connectivity index (χ2v) is 5.46. The molecule has 0 saturated carbocycles. The number of aryl methyl sites for hydroxylation is 1. The third-order valence-electron chi connectivity index (χ3n) is 2.63. The Kier molecular flexibility index (Phi) is 4.50. The number of carbonyl (C=O) groups is 1. The maximum absolute atomic E-state index is 11.1. The Balaban J connectivity index is 2.16. The van der Waals surface area contributed by atoms with Crippen LogP contribution in [-0.2, 0) is 6.42 Å². The molecule has 100 valence electrons. The van der Waals surface area contributed by atoms with Gasteiger partial charge in [-0.2, -0.15) is 11.3 Å². The molecule has 1 atom stereocenters. The van der Waals surface area contributed by atoms with Crippen molar-refractivity contribution in [2.45, 2.75) is 26.3 Å². The van der Waals surface area contributed by atoms with Crippen LogP contribution in [0.25, 0.3) is 0 Å². The van der Waals surface area contributed by atoms with Crippen LogP contribution in [0.5, 0.6) is 0 Å². The highest BCUT2D eigenvalue weighted by molar-refractivity contribution is 7.07. The van der Waals surface area contributed by atoms with Gasteiger partial charge in [-0.15, -0.1) is 0 Å². The first-order valence-corrected chi connectivity index (χ1v) is 7.19. The molecular weight excluding hydrogens is 282 g/mol. The molecule has 2 aromatic heterocycles. The number of anilines is 1. The van der Waals surface area contributed by atoms with Crippen molar-refractivity contribution < 1.29 is 4.79 Å². The minimum absolute atomic E-state index is 0.152. The minimum atomic E-state index is 0.152. The predicted octanol–water partition coefficient (Wildman–Crippen LogP) is 3.36. The van der Waals surface area contributed by atoms with E-state index < -0.39 is 0 Å². The van der Waals surface area contributed by atoms with Gasteiger partial charge in [0.2, 0.25) is 0 Å². The highest BCUT2D eigenvalue weighted by Gasteiger charge is 2.13. The van der Waals surface area contributed by atoms with E-state index in [1.807, 2.05) is 12.3 Å². The lowest BCUT2D eigenvalue weighted by atomic mass is 10.1. The summed E-state index contributed by atoms with van der Waals surface area (Å²) in [5.74, 6) is 1.04. The van der Waals surface area contributed by atoms with E-state index in [4.69, 9.17) is 11.6 Å². The van der Waals surface area contributed by atoms with E-state index in [-0.39, 0.29) is 11.2 Å². The van der Waals surface area contributed by atoms with E-state index in [9.17, 15) is 4.79 Å². The number of aromatic nitrogens is 2. The number of nitrogens with one attached hydrogen (secondary N) is 1. The van der Waals surface area contributed by atoms with Gasteiger partial charge in [0.05, 0.1) is 5.56 Å². The van der Waals surface area contributed by atoms with Gasteiger partial charge in [0.1, 0.15) is 16.8 Å². The molecule has 1 N–H and O–H groups in total. The number of rotatable bonds is 5. The van der Waals surface area contributed by atoms with E-state index in [1.165, 1.54) is 5.56 Å². The third-order valence-corrected chi connectivity index (χ3v) is 3.65. The lowest BCUT2D eigenvalue weighted by Crippen LogP contribution is -2.20. The average Bonchev–Trinajstić information content (AvgIpc) is 2.81. The van der Waals surface area contributed by atoms with Crippen LogP contribution < -0.4 is 5.32 Å². The lowest BCUT2D eigenvalue weighted by molar-refractivity contribution is 0.112. The molecule has 0 amide bonds. The fraction of sp³-hybridized carbons (Fsp3) is 0.308. The fourth-order valence-electron chi connectivity index (χ4n) is 1.81. The molecule has 1 unspecified atom stereocenters. The first-order chi connectivity index (χ1) is 9.10. The zero-order valence-electron chi connectivity index (χ0n) is 10.7. The molecule has 0 aliphatic carbocycles. The quantitative estimate of drug-likeness (QED) is 0.679. The van der Waals surface area contributed by atoms with Gasteiger partial charge in [-0.25, -0.2) is 9.97 Å². The van der Waals surface area contributed by atoms with Crippen LogP contribution in [0.4, 0.5) is 5.82 Å². The first-order valence-electron chi connectivity index (χ1n) is 5.87. The molecule has 4 nitrogen and oxygen atoms in total. The third kappa shape index (κ3) is 3.52. The molecular formula is C13H14ClN3OS. The summed E-state index contributed by atoms with van der Waals surface area (Å²) >= 11 is 7.61. The average molecular weight is 296 g/mol. The summed E-state index contributed by atoms with van der Waals surface area (Å²) in [6, 6.07) is 2.24. The number of halogens is 1. The summed E-state index contributed by atoms with van der Waals surface area (Å²) in [5, 5.41) is 7.56. The summed E-state index contributed by atoms with van der Waals surface area (Å²) in [6.07, 6.45) is 1.55. The zero-order valence-corrected chi connectivity index (χ0v) is 12.3. The fourth-order valence-corrected chi connectivity index (χ4v) is 2.75. The van der Waals surface area contributed by atoms with Gasteiger partial charge in [0.25, 0.3) is 0 Å². The van der Waals surface area contributed by atoms with Crippen molar-refractivity contribution in [3.63, 3.8) is 0 Å². The smallest absolute Gasteiger partial charge is 0.156 e. The molecule has 2 rings (SSSR count). The van der Waals surface area contributed by atoms with E-state index in [2.05, 4.69) is 26.7 Å². The van der Waals surface area contributed by atoms with Gasteiger partial charge in [0, 0.05) is 6.04 Å². The molecule has 0 radical (unpaired) electrons. The Labute approximate surface area is 120 Å². The number of aldehydes is 1. The van der Waals surface area contributed by atoms with Crippen LogP contribution in [0.3, 0.4) is 0 Å². The molecule has 0 aromatic carbocycles. The van der Waals surface area contributed by atoms with Crippen molar-refractivity contribution in [3.8, 4) is 0 Å². The molecule has 0 bridgehead atoms. The SMILES string of the molecule is Cc1nc(Cl)c(C=O)c(NC(C)Cc2ccsc2)n1. The van der Waals surface area contributed by atoms with Gasteiger partial charge >= 0.3 is 0 Å². The van der Waals surface area contributed by atoms with Crippen molar-refractivity contribution >= 4 is 35.0 Å². The first kappa shape index (κ1) is 14.0. The number of hydrogen-bond donors (Lipinski definition) is 1. The van der Waals surface area contributed by atoms with E-state index in [1.54, 1.807) is 18.3 Å². The standard InChI is InChI=1S/C13H14ClN3OS/c1-8(5-10-3-4-19-7-10)15-13-11(6-18)12(14)16-9(2)17-13/h3-4,6-8H,5H2,1-2H3,(H,15,16,17). The van der Waals surface area contributed by atoms with E-state index in [0.717, 1.165) is 6.42 Å². The van der Waals surface area contributed by atoms with Gasteiger partial charge in [-0.05, 0) is 42.7 Å². The van der Waals surface area contributed by atoms with Crippen molar-refractivity contribution in [2.75, 3.05) is 5.32 Å². The number of carbonyl (C=O) groups excluding carboxylic acids is 1. The van der Waals surface area contributed by atoms with Gasteiger partial charge < -0.3 is 5.32 Å². The largest absolute Gasteiger partial charge is 0.367 e. The minimum Gasteiger partial charge on any atom is -0.367 e. The van der Waals surface area contributed by atoms with Crippen LogP contribution in [0.15, 0.2) is 16.8 Å². The van der Waals surface area contributed by atoms with Crippen molar-refractivity contribution in [3.05, 3.63) is 38.9 Å². The zero-order chi connectivity index (χ0) is 13.8. The molecule has 0 fully saturated rings. The maximum Gasteiger partial charge on any atom is 0.156 e. The summed E-state index contributed by atoms with van der Waals surface area (Å²) in [6.45, 7) is 3.78. The molecule has 0 saturated heterocycles. The number of hydrogen-bond acceptors (Lipinski definition) is 5. The Morgan fingerprint density at radius 2 is 2.32 bits per heavy atom. The second-order valence-electron chi connectivity index (χ2n) is 4.32. The van der Waals surface area contributed by atoms with Crippen LogP contribution in [0.1, 0.15) is 28.7 Å². The summed E-state index contributed by atoms with van der Waals surface area (Å²) in [7, 11) is 0. The normalized spacial score (nSPS) is 12.2. The summed E-state index contributed by atoms with van der Waals surface area (Å²) in [4.78, 5) is 19.3. The maximum atomic E-state index is 11.1. The second kappa shape index (κ2) is 6.12. The number of nitrogens with zero attached hydrogens (tertiary/aromatic N) is 2. The van der Waals surface area contributed by atoms with Crippen molar-refractivity contribution in [1.82, 2.24) is 9.97 Å². The highest BCUT2D eigenvalue weighted by atomic mass is 35.5. The van der Waals surface area contributed by atoms with Crippen LogP contribution in [-0.4, -0.2) is 22.3 Å². The molecule has 6 heteroatoms. The van der Waals surface area contributed by atoms with Crippen LogP contribution in [0, 0.1) is 6.92 Å². The Bertz CT molecular complexity index is 572. The predicted molar refractivity (Wildman–Crippen MR) is 78.3 cm³/mol. The van der Waals surface area contributed by atoms with Crippen LogP contribution >= 0.6 is 22.9 Å². The Morgan fingerprint density at radius 3 is 2.95 bits per heavy atom. The molecule has 19 heavy (non-hydrogen) atoms.